The van der Waals surface area contributed by atoms with Gasteiger partial charge in [-0.2, -0.15) is 5.10 Å². The average molecular weight is 232 g/mol. The minimum atomic E-state index is -3.66. The maximum atomic E-state index is 11.9. The maximum Gasteiger partial charge on any atom is 0.270 e. The van der Waals surface area contributed by atoms with E-state index >= 15 is 0 Å². The van der Waals surface area contributed by atoms with Crippen LogP contribution in [0.15, 0.2) is 11.1 Å². The molecule has 0 aromatic carbocycles. The van der Waals surface area contributed by atoms with Crippen molar-refractivity contribution >= 4 is 15.8 Å². The summed E-state index contributed by atoms with van der Waals surface area (Å²) in [6.45, 7) is 0.768. The second-order valence-electron chi connectivity index (χ2n) is 3.22. The topological polar surface area (TPSA) is 101 Å². The van der Waals surface area contributed by atoms with Gasteiger partial charge in [0, 0.05) is 6.54 Å². The van der Waals surface area contributed by atoms with Crippen molar-refractivity contribution in [2.24, 2.45) is 0 Å². The van der Waals surface area contributed by atoms with Gasteiger partial charge in [0.1, 0.15) is 10.7 Å². The molecule has 0 saturated carbocycles. The van der Waals surface area contributed by atoms with Gasteiger partial charge in [-0.05, 0) is 12.8 Å². The van der Waals surface area contributed by atoms with Gasteiger partial charge in [0.15, 0.2) is 0 Å². The largest absolute Gasteiger partial charge is 0.383 e. The highest BCUT2D eigenvalue weighted by Crippen LogP contribution is 2.22. The summed E-state index contributed by atoms with van der Waals surface area (Å²) >= 11 is 0. The number of hydroxylamine groups is 1. The molecule has 2 heterocycles. The number of rotatable bonds is 2. The van der Waals surface area contributed by atoms with Gasteiger partial charge >= 0.3 is 0 Å². The van der Waals surface area contributed by atoms with Gasteiger partial charge in [0.2, 0.25) is 0 Å². The summed E-state index contributed by atoms with van der Waals surface area (Å²) in [5, 5.41) is 5.95. The van der Waals surface area contributed by atoms with Crippen LogP contribution in [0.1, 0.15) is 12.8 Å². The van der Waals surface area contributed by atoms with Crippen molar-refractivity contribution in [3.05, 3.63) is 6.20 Å². The van der Waals surface area contributed by atoms with E-state index in [1.54, 1.807) is 0 Å². The van der Waals surface area contributed by atoms with E-state index in [1.807, 2.05) is 0 Å². The van der Waals surface area contributed by atoms with E-state index in [1.165, 1.54) is 6.20 Å². The second kappa shape index (κ2) is 3.80. The molecule has 1 aliphatic heterocycles. The fourth-order valence-corrected chi connectivity index (χ4v) is 2.68. The van der Waals surface area contributed by atoms with Crippen LogP contribution in [0.2, 0.25) is 0 Å². The first-order valence-electron chi connectivity index (χ1n) is 4.57. The molecule has 0 spiro atoms. The van der Waals surface area contributed by atoms with Crippen LogP contribution in [-0.4, -0.2) is 36.2 Å². The normalized spacial score (nSPS) is 19.2. The number of aromatic amines is 1. The number of nitrogens with zero attached hydrogens (tertiary/aromatic N) is 2. The molecular weight excluding hydrogens is 220 g/mol. The molecule has 1 aromatic heterocycles. The minimum absolute atomic E-state index is 0.0316. The fourth-order valence-electron chi connectivity index (χ4n) is 1.36. The number of H-pyrrole nitrogens is 1. The summed E-state index contributed by atoms with van der Waals surface area (Å²) < 4.78 is 24.8. The van der Waals surface area contributed by atoms with Crippen LogP contribution in [-0.2, 0) is 14.9 Å². The number of aromatic nitrogens is 2. The molecule has 8 heteroatoms. The van der Waals surface area contributed by atoms with Crippen LogP contribution in [0.25, 0.3) is 0 Å². The Kier molecular flexibility index (Phi) is 2.63. The first kappa shape index (κ1) is 10.4. The van der Waals surface area contributed by atoms with Gasteiger partial charge in [-0.3, -0.25) is 9.94 Å². The molecule has 3 N–H and O–H groups in total. The first-order valence-corrected chi connectivity index (χ1v) is 6.01. The zero-order valence-electron chi connectivity index (χ0n) is 8.01. The zero-order chi connectivity index (χ0) is 10.9. The Morgan fingerprint density at radius 3 is 2.87 bits per heavy atom. The van der Waals surface area contributed by atoms with Crippen LogP contribution in [0.5, 0.6) is 0 Å². The van der Waals surface area contributed by atoms with Crippen molar-refractivity contribution in [1.82, 2.24) is 14.7 Å². The third-order valence-corrected chi connectivity index (χ3v) is 3.85. The lowest BCUT2D eigenvalue weighted by molar-refractivity contribution is -0.108. The SMILES string of the molecule is Nc1[nH]ncc1S(=O)(=O)N1CCCCO1. The van der Waals surface area contributed by atoms with Gasteiger partial charge in [0.25, 0.3) is 10.0 Å². The predicted octanol–water partition coefficient (Wildman–Crippen LogP) is -0.292. The summed E-state index contributed by atoms with van der Waals surface area (Å²) in [7, 11) is -3.66. The van der Waals surface area contributed by atoms with E-state index in [2.05, 4.69) is 10.2 Å². The lowest BCUT2D eigenvalue weighted by Crippen LogP contribution is -2.35. The van der Waals surface area contributed by atoms with E-state index in [0.717, 1.165) is 17.3 Å². The Hall–Kier alpha value is -1.12. The zero-order valence-corrected chi connectivity index (χ0v) is 8.83. The number of nitrogens with one attached hydrogen (secondary N) is 1. The second-order valence-corrected chi connectivity index (χ2v) is 5.02. The molecule has 0 bridgehead atoms. The Balaban J connectivity index is 2.30. The van der Waals surface area contributed by atoms with Gasteiger partial charge in [-0.1, -0.05) is 4.47 Å². The molecule has 0 atom stereocenters. The monoisotopic (exact) mass is 232 g/mol. The summed E-state index contributed by atoms with van der Waals surface area (Å²) in [5.74, 6) is 0.0316. The summed E-state index contributed by atoms with van der Waals surface area (Å²) in [5.41, 5.74) is 5.45. The number of hydrogen-bond donors (Lipinski definition) is 2. The molecule has 7 nitrogen and oxygen atoms in total. The molecule has 1 fully saturated rings. The molecule has 0 radical (unpaired) electrons. The standard InChI is InChI=1S/C7H12N4O3S/c8-7-6(5-9-10-7)15(12,13)11-3-1-2-4-14-11/h5H,1-4H2,(H3,8,9,10). The van der Waals surface area contributed by atoms with E-state index in [4.69, 9.17) is 10.6 Å². The molecule has 2 rings (SSSR count). The Morgan fingerprint density at radius 2 is 2.33 bits per heavy atom. The Morgan fingerprint density at radius 1 is 1.53 bits per heavy atom. The summed E-state index contributed by atoms with van der Waals surface area (Å²) in [4.78, 5) is 5.03. The summed E-state index contributed by atoms with van der Waals surface area (Å²) in [6.07, 6.45) is 2.84. The highest BCUT2D eigenvalue weighted by molar-refractivity contribution is 7.89. The third kappa shape index (κ3) is 1.83. The quantitative estimate of drug-likeness (QED) is 0.729. The van der Waals surface area contributed by atoms with Gasteiger partial charge in [-0.15, -0.1) is 0 Å². The van der Waals surface area contributed by atoms with Crippen molar-refractivity contribution < 1.29 is 13.3 Å². The smallest absolute Gasteiger partial charge is 0.270 e. The maximum absolute atomic E-state index is 11.9. The first-order chi connectivity index (χ1) is 7.12. The third-order valence-electron chi connectivity index (χ3n) is 2.15. The molecule has 1 aliphatic rings. The van der Waals surface area contributed by atoms with Gasteiger partial charge in [0.05, 0.1) is 12.8 Å². The van der Waals surface area contributed by atoms with E-state index in [-0.39, 0.29) is 10.7 Å². The lowest BCUT2D eigenvalue weighted by atomic mass is 10.3. The highest BCUT2D eigenvalue weighted by atomic mass is 32.2. The van der Waals surface area contributed by atoms with E-state index < -0.39 is 10.0 Å². The molecule has 1 aromatic rings. The molecule has 15 heavy (non-hydrogen) atoms. The van der Waals surface area contributed by atoms with Crippen LogP contribution >= 0.6 is 0 Å². The predicted molar refractivity (Wildman–Crippen MR) is 52.1 cm³/mol. The molecule has 0 amide bonds. The van der Waals surface area contributed by atoms with E-state index in [0.29, 0.717) is 13.2 Å². The number of hydrogen-bond acceptors (Lipinski definition) is 5. The lowest BCUT2D eigenvalue weighted by Gasteiger charge is -2.24. The van der Waals surface area contributed by atoms with Gasteiger partial charge in [-0.25, -0.2) is 8.42 Å². The number of sulfonamides is 1. The van der Waals surface area contributed by atoms with E-state index in [9.17, 15) is 8.42 Å². The fraction of sp³-hybridized carbons (Fsp3) is 0.571. The van der Waals surface area contributed by atoms with Crippen LogP contribution in [0.3, 0.4) is 0 Å². The van der Waals surface area contributed by atoms with Crippen LogP contribution in [0.4, 0.5) is 5.82 Å². The van der Waals surface area contributed by atoms with Crippen molar-refractivity contribution in [1.29, 1.82) is 0 Å². The van der Waals surface area contributed by atoms with Crippen LogP contribution in [0, 0.1) is 0 Å². The number of nitrogen functional groups attached to an aromatic ring is 1. The molecule has 0 unspecified atom stereocenters. The Bertz CT molecular complexity index is 435. The number of nitrogens with two attached hydrogens (primary N) is 1. The summed E-state index contributed by atoms with van der Waals surface area (Å²) in [6, 6.07) is 0. The molecule has 84 valence electrons. The highest BCUT2D eigenvalue weighted by Gasteiger charge is 2.30. The molecule has 1 saturated heterocycles. The van der Waals surface area contributed by atoms with Crippen molar-refractivity contribution in [3.63, 3.8) is 0 Å². The number of anilines is 1. The van der Waals surface area contributed by atoms with Crippen molar-refractivity contribution in [2.45, 2.75) is 17.7 Å². The minimum Gasteiger partial charge on any atom is -0.383 e. The molecular formula is C7H12N4O3S. The van der Waals surface area contributed by atoms with Crippen molar-refractivity contribution in [2.75, 3.05) is 18.9 Å². The average Bonchev–Trinajstić information content (AvgIpc) is 2.66. The van der Waals surface area contributed by atoms with Crippen LogP contribution < -0.4 is 5.73 Å². The Labute approximate surface area is 87.2 Å². The molecule has 0 aliphatic carbocycles. The van der Waals surface area contributed by atoms with Crippen molar-refractivity contribution in [3.8, 4) is 0 Å². The van der Waals surface area contributed by atoms with Gasteiger partial charge < -0.3 is 5.73 Å².